The molecule has 0 bridgehead atoms. The fourth-order valence-corrected chi connectivity index (χ4v) is 5.41. The molecule has 3 heterocycles. The summed E-state index contributed by atoms with van der Waals surface area (Å²) >= 11 is 4.30. The minimum Gasteiger partial charge on any atom is -0.503 e. The van der Waals surface area contributed by atoms with Gasteiger partial charge < -0.3 is 19.4 Å². The van der Waals surface area contributed by atoms with Gasteiger partial charge in [0.1, 0.15) is 11.6 Å². The van der Waals surface area contributed by atoms with Gasteiger partial charge in [-0.2, -0.15) is 0 Å². The third-order valence-electron chi connectivity index (χ3n) is 5.55. The molecule has 35 heavy (non-hydrogen) atoms. The quantitative estimate of drug-likeness (QED) is 0.306. The molecule has 1 aliphatic rings. The van der Waals surface area contributed by atoms with E-state index < -0.39 is 29.3 Å². The summed E-state index contributed by atoms with van der Waals surface area (Å²) in [5, 5.41) is 21.3. The third-order valence-corrected chi connectivity index (χ3v) is 7.17. The van der Waals surface area contributed by atoms with Crippen LogP contribution in [0.3, 0.4) is 0 Å². The molecule has 0 fully saturated rings. The maximum atomic E-state index is 13.8. The maximum Gasteiger partial charge on any atom is 0.296 e. The number of benzene rings is 2. The standard InChI is InChI=1S/C24H16BrFN2O6S/c1-10-3-6-15(34-10)21(30)18-19(11-7-13(25)20(29)16(8-11)33-2)28(23(32)22(18)31)24-27-14-5-4-12(26)9-17(14)35-24/h3-9,19,29,31H,1-2H3. The minimum absolute atomic E-state index is 0.0557. The summed E-state index contributed by atoms with van der Waals surface area (Å²) < 4.78 is 25.2. The van der Waals surface area contributed by atoms with Crippen LogP contribution in [0.15, 0.2) is 62.7 Å². The number of thiazole rings is 1. The van der Waals surface area contributed by atoms with Crippen molar-refractivity contribution in [1.29, 1.82) is 0 Å². The highest BCUT2D eigenvalue weighted by molar-refractivity contribution is 9.10. The molecule has 1 amide bonds. The molecular weight excluding hydrogens is 543 g/mol. The lowest BCUT2D eigenvalue weighted by Gasteiger charge is -2.25. The number of aryl methyl sites for hydroxylation is 1. The van der Waals surface area contributed by atoms with Gasteiger partial charge in [-0.25, -0.2) is 9.37 Å². The molecule has 5 rings (SSSR count). The lowest BCUT2D eigenvalue weighted by atomic mass is 9.95. The monoisotopic (exact) mass is 558 g/mol. The number of hydrogen-bond donors (Lipinski definition) is 2. The molecule has 1 aliphatic heterocycles. The average Bonchev–Trinajstić information content (AvgIpc) is 3.51. The van der Waals surface area contributed by atoms with Crippen molar-refractivity contribution in [3.05, 3.63) is 81.2 Å². The van der Waals surface area contributed by atoms with E-state index in [1.54, 1.807) is 13.0 Å². The number of phenols is 1. The van der Waals surface area contributed by atoms with Gasteiger partial charge in [-0.15, -0.1) is 0 Å². The van der Waals surface area contributed by atoms with Crippen molar-refractivity contribution in [1.82, 2.24) is 4.98 Å². The zero-order chi connectivity index (χ0) is 25.0. The number of furan rings is 1. The largest absolute Gasteiger partial charge is 0.503 e. The van der Waals surface area contributed by atoms with E-state index in [1.165, 1.54) is 48.4 Å². The van der Waals surface area contributed by atoms with Gasteiger partial charge in [0.15, 0.2) is 28.1 Å². The van der Waals surface area contributed by atoms with Crippen LogP contribution in [0.25, 0.3) is 10.2 Å². The molecular formula is C24H16BrFN2O6S. The molecule has 1 unspecified atom stereocenters. The Morgan fingerprint density at radius 1 is 1.23 bits per heavy atom. The first-order chi connectivity index (χ1) is 16.7. The number of methoxy groups -OCH3 is 1. The lowest BCUT2D eigenvalue weighted by Crippen LogP contribution is -2.31. The number of hydrogen-bond acceptors (Lipinski definition) is 8. The van der Waals surface area contributed by atoms with Crippen molar-refractivity contribution in [2.75, 3.05) is 12.0 Å². The van der Waals surface area contributed by atoms with E-state index in [2.05, 4.69) is 20.9 Å². The molecule has 0 aliphatic carbocycles. The lowest BCUT2D eigenvalue weighted by molar-refractivity contribution is -0.117. The highest BCUT2D eigenvalue weighted by atomic mass is 79.9. The number of ketones is 1. The van der Waals surface area contributed by atoms with E-state index in [-0.39, 0.29) is 32.4 Å². The highest BCUT2D eigenvalue weighted by Gasteiger charge is 2.47. The zero-order valence-electron chi connectivity index (χ0n) is 18.2. The van der Waals surface area contributed by atoms with Crippen LogP contribution in [-0.2, 0) is 4.79 Å². The number of anilines is 1. The SMILES string of the molecule is COc1cc(C2C(C(=O)c3ccc(C)o3)=C(O)C(=O)N2c2nc3ccc(F)cc3s2)cc(Br)c1O. The molecule has 1 atom stereocenters. The van der Waals surface area contributed by atoms with Crippen molar-refractivity contribution in [2.45, 2.75) is 13.0 Å². The van der Waals surface area contributed by atoms with Crippen molar-refractivity contribution in [2.24, 2.45) is 0 Å². The molecule has 4 aromatic rings. The summed E-state index contributed by atoms with van der Waals surface area (Å²) in [6, 6.07) is 8.89. The number of aliphatic hydroxyl groups is 1. The van der Waals surface area contributed by atoms with Gasteiger partial charge >= 0.3 is 0 Å². The van der Waals surface area contributed by atoms with Crippen molar-refractivity contribution < 1.29 is 33.3 Å². The number of aromatic nitrogens is 1. The number of fused-ring (bicyclic) bond motifs is 1. The van der Waals surface area contributed by atoms with Crippen LogP contribution in [0.2, 0.25) is 0 Å². The summed E-state index contributed by atoms with van der Waals surface area (Å²) in [5.41, 5.74) is 0.568. The van der Waals surface area contributed by atoms with Gasteiger partial charge in [0.05, 0.1) is 33.4 Å². The second kappa shape index (κ2) is 8.51. The highest BCUT2D eigenvalue weighted by Crippen LogP contribution is 2.47. The fraction of sp³-hybridized carbons (Fsp3) is 0.125. The second-order valence-electron chi connectivity index (χ2n) is 7.74. The number of halogens is 2. The number of aromatic hydroxyl groups is 1. The van der Waals surface area contributed by atoms with Gasteiger partial charge in [0.2, 0.25) is 5.78 Å². The fourth-order valence-electron chi connectivity index (χ4n) is 3.94. The summed E-state index contributed by atoms with van der Waals surface area (Å²) in [7, 11) is 1.36. The summed E-state index contributed by atoms with van der Waals surface area (Å²) in [5.74, 6) is -2.44. The number of rotatable bonds is 5. The van der Waals surface area contributed by atoms with Crippen molar-refractivity contribution >= 4 is 54.3 Å². The molecule has 0 saturated carbocycles. The molecule has 0 spiro atoms. The third kappa shape index (κ3) is 3.76. The predicted octanol–water partition coefficient (Wildman–Crippen LogP) is 5.60. The van der Waals surface area contributed by atoms with Crippen LogP contribution < -0.4 is 9.64 Å². The van der Waals surface area contributed by atoms with Gasteiger partial charge in [0, 0.05) is 0 Å². The molecule has 178 valence electrons. The van der Waals surface area contributed by atoms with E-state index in [0.717, 1.165) is 11.3 Å². The molecule has 11 heteroatoms. The van der Waals surface area contributed by atoms with E-state index in [0.29, 0.717) is 21.5 Å². The number of amides is 1. The number of aliphatic hydroxyl groups excluding tert-OH is 1. The number of carbonyl (C=O) groups is 2. The Labute approximate surface area is 210 Å². The van der Waals surface area contributed by atoms with E-state index in [9.17, 15) is 24.2 Å². The number of ether oxygens (including phenoxy) is 1. The molecule has 2 N–H and O–H groups in total. The van der Waals surface area contributed by atoms with E-state index in [1.807, 2.05) is 0 Å². The van der Waals surface area contributed by atoms with Crippen molar-refractivity contribution in [3.8, 4) is 11.5 Å². The number of Topliss-reactive ketones (excluding diaryl/α,β-unsaturated/α-hetero) is 1. The Morgan fingerprint density at radius 3 is 2.69 bits per heavy atom. The first kappa shape index (κ1) is 23.1. The Kier molecular flexibility index (Phi) is 5.60. The van der Waals surface area contributed by atoms with Crippen molar-refractivity contribution in [3.63, 3.8) is 0 Å². The molecule has 0 radical (unpaired) electrons. The van der Waals surface area contributed by atoms with Crippen LogP contribution in [0.5, 0.6) is 11.5 Å². The number of phenolic OH excluding ortho intramolecular Hbond substituents is 1. The maximum absolute atomic E-state index is 13.8. The molecule has 2 aromatic carbocycles. The van der Waals surface area contributed by atoms with Gasteiger partial charge in [0.25, 0.3) is 5.91 Å². The predicted molar refractivity (Wildman–Crippen MR) is 130 cm³/mol. The molecule has 0 saturated heterocycles. The molecule has 8 nitrogen and oxygen atoms in total. The Morgan fingerprint density at radius 2 is 2.00 bits per heavy atom. The van der Waals surface area contributed by atoms with Gasteiger partial charge in [-0.1, -0.05) is 11.3 Å². The van der Waals surface area contributed by atoms with Gasteiger partial charge in [-0.3, -0.25) is 14.5 Å². The van der Waals surface area contributed by atoms with Gasteiger partial charge in [-0.05, 0) is 70.9 Å². The van der Waals surface area contributed by atoms with Crippen LogP contribution >= 0.6 is 27.3 Å². The van der Waals surface area contributed by atoms with Crippen LogP contribution in [0.1, 0.15) is 27.9 Å². The number of carbonyl (C=O) groups excluding carboxylic acids is 2. The summed E-state index contributed by atoms with van der Waals surface area (Å²) in [6.45, 7) is 1.66. The van der Waals surface area contributed by atoms with E-state index in [4.69, 9.17) is 9.15 Å². The Hall–Kier alpha value is -3.70. The topological polar surface area (TPSA) is 113 Å². The first-order valence-electron chi connectivity index (χ1n) is 10.2. The molecule has 2 aromatic heterocycles. The van der Waals surface area contributed by atoms with Crippen LogP contribution in [0.4, 0.5) is 9.52 Å². The first-order valence-corrected chi connectivity index (χ1v) is 11.8. The average molecular weight is 559 g/mol. The Balaban J connectivity index is 1.73. The normalized spacial score (nSPS) is 15.9. The summed E-state index contributed by atoms with van der Waals surface area (Å²) in [4.78, 5) is 32.4. The van der Waals surface area contributed by atoms with E-state index >= 15 is 0 Å². The summed E-state index contributed by atoms with van der Waals surface area (Å²) in [6.07, 6.45) is 0. The van der Waals surface area contributed by atoms with Crippen LogP contribution in [0, 0.1) is 12.7 Å². The number of nitrogens with zero attached hydrogens (tertiary/aromatic N) is 2. The zero-order valence-corrected chi connectivity index (χ0v) is 20.6. The smallest absolute Gasteiger partial charge is 0.296 e. The van der Waals surface area contributed by atoms with Crippen LogP contribution in [-0.4, -0.2) is 34.0 Å². The second-order valence-corrected chi connectivity index (χ2v) is 9.60. The minimum atomic E-state index is -1.14. The Bertz CT molecular complexity index is 1560.